The van der Waals surface area contributed by atoms with Crippen LogP contribution in [0.5, 0.6) is 0 Å². The van der Waals surface area contributed by atoms with Gasteiger partial charge < -0.3 is 15.0 Å². The largest absolute Gasteiger partial charge is 0.454 e. The first-order valence-electron chi connectivity index (χ1n) is 8.91. The Bertz CT molecular complexity index is 966. The predicted octanol–water partition coefficient (Wildman–Crippen LogP) is 0.557. The summed E-state index contributed by atoms with van der Waals surface area (Å²) in [7, 11) is -3.17. The zero-order chi connectivity index (χ0) is 22.5. The summed E-state index contributed by atoms with van der Waals surface area (Å²) in [5.41, 5.74) is -0.527. The normalized spacial score (nSPS) is 17.2. The monoisotopic (exact) mass is 461 g/mol. The van der Waals surface area contributed by atoms with Crippen molar-refractivity contribution in [3.8, 4) is 0 Å². The van der Waals surface area contributed by atoms with E-state index in [-0.39, 0.29) is 28.6 Å². The highest BCUT2D eigenvalue weighted by Gasteiger charge is 2.34. The molecule has 0 saturated carbocycles. The Morgan fingerprint density at radius 2 is 2.07 bits per heavy atom. The van der Waals surface area contributed by atoms with Crippen molar-refractivity contribution >= 4 is 44.9 Å². The number of ether oxygens (including phenoxy) is 1. The molecule has 2 amide bonds. The van der Waals surface area contributed by atoms with E-state index in [0.29, 0.717) is 6.42 Å². The number of rotatable bonds is 8. The fourth-order valence-electron chi connectivity index (χ4n) is 2.98. The minimum Gasteiger partial charge on any atom is -0.454 e. The third-order valence-electron chi connectivity index (χ3n) is 4.47. The van der Waals surface area contributed by atoms with Crippen molar-refractivity contribution in [3.05, 3.63) is 38.9 Å². The van der Waals surface area contributed by atoms with Crippen molar-refractivity contribution in [2.24, 2.45) is 0 Å². The number of nitrogens with one attached hydrogen (secondary N) is 1. The maximum atomic E-state index is 12.3. The molecule has 1 N–H and O–H groups in total. The molecule has 30 heavy (non-hydrogen) atoms. The topological polar surface area (TPSA) is 153 Å². The van der Waals surface area contributed by atoms with Crippen LogP contribution in [0.4, 0.5) is 5.69 Å². The Labute approximate surface area is 177 Å². The van der Waals surface area contributed by atoms with Crippen LogP contribution >= 0.6 is 11.6 Å². The molecule has 1 aliphatic heterocycles. The van der Waals surface area contributed by atoms with E-state index in [1.165, 1.54) is 17.0 Å². The molecular weight excluding hydrogens is 442 g/mol. The number of hydrogen-bond acceptors (Lipinski definition) is 8. The summed E-state index contributed by atoms with van der Waals surface area (Å²) >= 11 is 5.68. The van der Waals surface area contributed by atoms with Crippen LogP contribution in [0.25, 0.3) is 0 Å². The fourth-order valence-corrected chi connectivity index (χ4v) is 4.90. The van der Waals surface area contributed by atoms with Crippen molar-refractivity contribution < 1.29 is 32.5 Å². The lowest BCUT2D eigenvalue weighted by atomic mass is 10.2. The molecule has 0 radical (unpaired) electrons. The quantitative estimate of drug-likeness (QED) is 0.334. The van der Waals surface area contributed by atoms with Crippen LogP contribution in [0.2, 0.25) is 5.02 Å². The number of nitrogens with zero attached hydrogens (tertiary/aromatic N) is 2. The van der Waals surface area contributed by atoms with E-state index >= 15 is 0 Å². The van der Waals surface area contributed by atoms with Crippen molar-refractivity contribution in [3.63, 3.8) is 0 Å². The molecule has 1 fully saturated rings. The van der Waals surface area contributed by atoms with Crippen LogP contribution in [-0.2, 0) is 24.2 Å². The molecular formula is C17H20ClN3O8S. The second-order valence-corrected chi connectivity index (χ2v) is 9.14. The summed E-state index contributed by atoms with van der Waals surface area (Å²) in [5.74, 6) is -2.30. The summed E-state index contributed by atoms with van der Waals surface area (Å²) in [6.45, 7) is 0.802. The van der Waals surface area contributed by atoms with Crippen molar-refractivity contribution in [2.45, 2.75) is 19.4 Å². The molecule has 1 aromatic carbocycles. The summed E-state index contributed by atoms with van der Waals surface area (Å²) in [5, 5.41) is 13.0. The van der Waals surface area contributed by atoms with Crippen LogP contribution in [-0.4, -0.2) is 73.3 Å². The minimum atomic E-state index is -3.17. The molecule has 11 nitrogen and oxygen atoms in total. The van der Waals surface area contributed by atoms with Crippen LogP contribution in [0.3, 0.4) is 0 Å². The van der Waals surface area contributed by atoms with Gasteiger partial charge in [0.15, 0.2) is 16.4 Å². The van der Waals surface area contributed by atoms with Crippen LogP contribution < -0.4 is 5.32 Å². The van der Waals surface area contributed by atoms with Gasteiger partial charge in [0.25, 0.3) is 17.5 Å². The fraction of sp³-hybridized carbons (Fsp3) is 0.471. The second kappa shape index (κ2) is 9.85. The summed E-state index contributed by atoms with van der Waals surface area (Å²) in [6.07, 6.45) is 0.332. The van der Waals surface area contributed by atoms with Gasteiger partial charge in [-0.25, -0.2) is 8.42 Å². The maximum Gasteiger partial charge on any atom is 0.325 e. The third-order valence-corrected chi connectivity index (χ3v) is 6.54. The van der Waals surface area contributed by atoms with Crippen molar-refractivity contribution in [1.29, 1.82) is 0 Å². The van der Waals surface area contributed by atoms with Crippen molar-refractivity contribution in [2.75, 3.05) is 31.2 Å². The Kier molecular flexibility index (Phi) is 7.73. The zero-order valence-electron chi connectivity index (χ0n) is 16.0. The zero-order valence-corrected chi connectivity index (χ0v) is 17.6. The highest BCUT2D eigenvalue weighted by Crippen LogP contribution is 2.25. The van der Waals surface area contributed by atoms with Crippen LogP contribution in [0.15, 0.2) is 18.2 Å². The van der Waals surface area contributed by atoms with E-state index in [0.717, 1.165) is 6.07 Å². The number of nitro benzene ring substituents is 1. The third kappa shape index (κ3) is 6.13. The molecule has 2 rings (SSSR count). The van der Waals surface area contributed by atoms with E-state index in [1.807, 2.05) is 0 Å². The highest BCUT2D eigenvalue weighted by molar-refractivity contribution is 7.91. The lowest BCUT2D eigenvalue weighted by Crippen LogP contribution is -2.43. The molecule has 1 saturated heterocycles. The van der Waals surface area contributed by atoms with Gasteiger partial charge in [-0.3, -0.25) is 24.5 Å². The number of likely N-dealkylation sites (N-methyl/N-ethyl adjacent to an activating group) is 1. The molecule has 0 unspecified atom stereocenters. The van der Waals surface area contributed by atoms with Gasteiger partial charge in [0, 0.05) is 24.2 Å². The average Bonchev–Trinajstić information content (AvgIpc) is 3.04. The maximum absolute atomic E-state index is 12.3. The van der Waals surface area contributed by atoms with Gasteiger partial charge in [-0.15, -0.1) is 0 Å². The van der Waals surface area contributed by atoms with E-state index in [4.69, 9.17) is 16.3 Å². The lowest BCUT2D eigenvalue weighted by Gasteiger charge is -2.26. The first-order valence-corrected chi connectivity index (χ1v) is 11.1. The SMILES string of the molecule is CCN(C(=O)COC(=O)CNC(=O)c1ccc(Cl)c([N+](=O)[O-])c1)[C@H]1CCS(=O)(=O)C1. The van der Waals surface area contributed by atoms with Crippen LogP contribution in [0.1, 0.15) is 23.7 Å². The van der Waals surface area contributed by atoms with Gasteiger partial charge in [0.1, 0.15) is 11.6 Å². The Morgan fingerprint density at radius 1 is 1.37 bits per heavy atom. The van der Waals surface area contributed by atoms with Gasteiger partial charge in [0.05, 0.1) is 16.4 Å². The van der Waals surface area contributed by atoms with Gasteiger partial charge in [-0.05, 0) is 25.5 Å². The Hall–Kier alpha value is -2.73. The molecule has 0 aromatic heterocycles. The molecule has 1 aromatic rings. The molecule has 0 aliphatic carbocycles. The van der Waals surface area contributed by atoms with Crippen molar-refractivity contribution in [1.82, 2.24) is 10.2 Å². The molecule has 13 heteroatoms. The lowest BCUT2D eigenvalue weighted by molar-refractivity contribution is -0.384. The molecule has 1 aliphatic rings. The number of carbonyl (C=O) groups is 3. The average molecular weight is 462 g/mol. The number of amides is 2. The number of esters is 1. The number of hydrogen-bond donors (Lipinski definition) is 1. The number of benzene rings is 1. The van der Waals surface area contributed by atoms with E-state index in [2.05, 4.69) is 5.32 Å². The molecule has 1 heterocycles. The molecule has 0 spiro atoms. The number of sulfone groups is 1. The van der Waals surface area contributed by atoms with Gasteiger partial charge >= 0.3 is 5.97 Å². The molecule has 164 valence electrons. The smallest absolute Gasteiger partial charge is 0.325 e. The van der Waals surface area contributed by atoms with Gasteiger partial charge in [-0.2, -0.15) is 0 Å². The second-order valence-electron chi connectivity index (χ2n) is 6.50. The first kappa shape index (κ1) is 23.5. The Balaban J connectivity index is 1.84. The molecule has 0 bridgehead atoms. The highest BCUT2D eigenvalue weighted by atomic mass is 35.5. The van der Waals surface area contributed by atoms with E-state index < -0.39 is 57.4 Å². The van der Waals surface area contributed by atoms with Gasteiger partial charge in [-0.1, -0.05) is 11.6 Å². The minimum absolute atomic E-state index is 0.0100. The van der Waals surface area contributed by atoms with E-state index in [1.54, 1.807) is 6.92 Å². The van der Waals surface area contributed by atoms with Crippen LogP contribution in [0, 0.1) is 10.1 Å². The predicted molar refractivity (Wildman–Crippen MR) is 106 cm³/mol. The number of nitro groups is 1. The Morgan fingerprint density at radius 3 is 2.63 bits per heavy atom. The number of halogens is 1. The summed E-state index contributed by atoms with van der Waals surface area (Å²) in [6, 6.07) is 2.97. The standard InChI is InChI=1S/C17H20ClN3O8S/c1-2-20(12-5-6-30(27,28)10-12)15(22)9-29-16(23)8-19-17(24)11-3-4-13(18)14(7-11)21(25)26/h3-4,7,12H,2,5-6,8-10H2,1H3,(H,19,24)/t12-/m0/s1. The van der Waals surface area contributed by atoms with Gasteiger partial charge in [0.2, 0.25) is 0 Å². The van der Waals surface area contributed by atoms with E-state index in [9.17, 15) is 32.9 Å². The first-order chi connectivity index (χ1) is 14.0. The number of carbonyl (C=O) groups excluding carboxylic acids is 3. The molecule has 1 atom stereocenters. The summed E-state index contributed by atoms with van der Waals surface area (Å²) < 4.78 is 28.0. The summed E-state index contributed by atoms with van der Waals surface area (Å²) in [4.78, 5) is 47.6.